The van der Waals surface area contributed by atoms with Gasteiger partial charge in [0.2, 0.25) is 0 Å². The quantitative estimate of drug-likeness (QED) is 0.508. The molecule has 6 heteroatoms. The number of thiazole rings is 1. The molecule has 3 aromatic rings. The number of ether oxygens (including phenoxy) is 1. The number of fused-ring (bicyclic) bond motifs is 1. The predicted octanol–water partition coefficient (Wildman–Crippen LogP) is 4.64. The van der Waals surface area contributed by atoms with Gasteiger partial charge < -0.3 is 10.1 Å². The smallest absolute Gasteiger partial charge is 0.317 e. The van der Waals surface area contributed by atoms with Crippen molar-refractivity contribution in [1.29, 1.82) is 0 Å². The fourth-order valence-electron chi connectivity index (χ4n) is 3.51. The van der Waals surface area contributed by atoms with Crippen LogP contribution in [0.15, 0.2) is 54.6 Å². The van der Waals surface area contributed by atoms with Crippen LogP contribution >= 0.6 is 11.3 Å². The average Bonchev–Trinajstić information content (AvgIpc) is 3.14. The van der Waals surface area contributed by atoms with E-state index in [9.17, 15) is 9.59 Å². The van der Waals surface area contributed by atoms with E-state index in [0.717, 1.165) is 33.6 Å². The third-order valence-electron chi connectivity index (χ3n) is 5.17. The van der Waals surface area contributed by atoms with Crippen molar-refractivity contribution in [2.45, 2.75) is 51.5 Å². The molecule has 2 aromatic carbocycles. The molecule has 0 aliphatic heterocycles. The van der Waals surface area contributed by atoms with E-state index in [4.69, 9.17) is 9.72 Å². The number of nitrogens with zero attached hydrogens (tertiary/aromatic N) is 1. The van der Waals surface area contributed by atoms with Crippen molar-refractivity contribution >= 4 is 33.4 Å². The van der Waals surface area contributed by atoms with E-state index in [-0.39, 0.29) is 18.6 Å². The summed E-state index contributed by atoms with van der Waals surface area (Å²) < 4.78 is 6.56. The van der Waals surface area contributed by atoms with E-state index >= 15 is 0 Å². The van der Waals surface area contributed by atoms with Crippen molar-refractivity contribution in [3.63, 3.8) is 0 Å². The molecule has 0 saturated carbocycles. The highest BCUT2D eigenvalue weighted by molar-refractivity contribution is 7.18. The number of esters is 1. The van der Waals surface area contributed by atoms with Gasteiger partial charge >= 0.3 is 5.97 Å². The van der Waals surface area contributed by atoms with Gasteiger partial charge in [-0.1, -0.05) is 55.8 Å². The lowest BCUT2D eigenvalue weighted by Crippen LogP contribution is -2.40. The molecule has 0 aliphatic carbocycles. The Balaban J connectivity index is 1.78. The monoisotopic (exact) mass is 424 g/mol. The van der Waals surface area contributed by atoms with Gasteiger partial charge in [0, 0.05) is 12.5 Å². The summed E-state index contributed by atoms with van der Waals surface area (Å²) in [5, 5.41) is 3.73. The lowest BCUT2D eigenvalue weighted by atomic mass is 9.79. The minimum Gasteiger partial charge on any atom is -0.455 e. The summed E-state index contributed by atoms with van der Waals surface area (Å²) in [4.78, 5) is 30.0. The summed E-state index contributed by atoms with van der Waals surface area (Å²) in [7, 11) is 0. The lowest BCUT2D eigenvalue weighted by Gasteiger charge is -2.27. The second-order valence-corrected chi connectivity index (χ2v) is 8.90. The Hall–Kier alpha value is -2.73. The Morgan fingerprint density at radius 3 is 2.53 bits per heavy atom. The molecule has 0 spiro atoms. The second kappa shape index (κ2) is 9.85. The zero-order chi connectivity index (χ0) is 21.6. The van der Waals surface area contributed by atoms with Crippen LogP contribution < -0.4 is 5.32 Å². The van der Waals surface area contributed by atoms with E-state index in [2.05, 4.69) is 12.2 Å². The molecule has 0 saturated heterocycles. The number of benzene rings is 2. The number of rotatable bonds is 9. The number of hydrogen-bond donors (Lipinski definition) is 1. The van der Waals surface area contributed by atoms with Gasteiger partial charge in [0.1, 0.15) is 0 Å². The summed E-state index contributed by atoms with van der Waals surface area (Å²) in [5.41, 5.74) is 0.823. The van der Waals surface area contributed by atoms with Crippen LogP contribution in [0.1, 0.15) is 44.2 Å². The average molecular weight is 425 g/mol. The molecule has 158 valence electrons. The molecule has 0 radical (unpaired) electrons. The first-order chi connectivity index (χ1) is 14.4. The Bertz CT molecular complexity index is 969. The van der Waals surface area contributed by atoms with E-state index in [1.165, 1.54) is 0 Å². The van der Waals surface area contributed by atoms with Gasteiger partial charge in [0.15, 0.2) is 6.61 Å². The van der Waals surface area contributed by atoms with Gasteiger partial charge in [0.25, 0.3) is 5.91 Å². The SMILES string of the molecule is CCC[C@H](C)NC(=O)COC(=O)[C@@](C)(Cc1nc2ccccc2s1)c1ccccc1. The van der Waals surface area contributed by atoms with Crippen molar-refractivity contribution in [1.82, 2.24) is 10.3 Å². The zero-order valence-electron chi connectivity index (χ0n) is 17.7. The number of carbonyl (C=O) groups excluding carboxylic acids is 2. The highest BCUT2D eigenvalue weighted by Crippen LogP contribution is 2.33. The Morgan fingerprint density at radius 2 is 1.83 bits per heavy atom. The topological polar surface area (TPSA) is 68.3 Å². The van der Waals surface area contributed by atoms with Crippen molar-refractivity contribution in [3.8, 4) is 0 Å². The first-order valence-corrected chi connectivity index (χ1v) is 11.1. The number of para-hydroxylation sites is 1. The largest absolute Gasteiger partial charge is 0.455 e. The summed E-state index contributed by atoms with van der Waals surface area (Å²) in [6, 6.07) is 17.5. The van der Waals surface area contributed by atoms with Gasteiger partial charge in [-0.15, -0.1) is 11.3 Å². The van der Waals surface area contributed by atoms with Crippen molar-refractivity contribution in [2.75, 3.05) is 6.61 Å². The van der Waals surface area contributed by atoms with Gasteiger partial charge in [-0.3, -0.25) is 9.59 Å². The Labute approximate surface area is 181 Å². The highest BCUT2D eigenvalue weighted by Gasteiger charge is 2.38. The zero-order valence-corrected chi connectivity index (χ0v) is 18.5. The molecule has 0 aliphatic rings. The van der Waals surface area contributed by atoms with Crippen molar-refractivity contribution in [2.24, 2.45) is 0 Å². The first-order valence-electron chi connectivity index (χ1n) is 10.3. The Morgan fingerprint density at radius 1 is 1.13 bits per heavy atom. The third kappa shape index (κ3) is 5.25. The van der Waals surface area contributed by atoms with Crippen LogP contribution in [0, 0.1) is 0 Å². The molecular formula is C24H28N2O3S. The maximum absolute atomic E-state index is 13.2. The van der Waals surface area contributed by atoms with Crippen LogP contribution in [-0.4, -0.2) is 29.5 Å². The second-order valence-electron chi connectivity index (χ2n) is 7.78. The van der Waals surface area contributed by atoms with E-state index < -0.39 is 11.4 Å². The molecule has 0 unspecified atom stereocenters. The molecular weight excluding hydrogens is 396 g/mol. The van der Waals surface area contributed by atoms with Crippen LogP contribution in [0.2, 0.25) is 0 Å². The fraction of sp³-hybridized carbons (Fsp3) is 0.375. The summed E-state index contributed by atoms with van der Waals surface area (Å²) in [6.07, 6.45) is 2.28. The predicted molar refractivity (Wildman–Crippen MR) is 121 cm³/mol. The molecule has 5 nitrogen and oxygen atoms in total. The minimum atomic E-state index is -0.940. The summed E-state index contributed by atoms with van der Waals surface area (Å²) in [6.45, 7) is 5.59. The van der Waals surface area contributed by atoms with Crippen LogP contribution in [0.4, 0.5) is 0 Å². The fourth-order valence-corrected chi connectivity index (χ4v) is 4.63. The number of carbonyl (C=O) groups is 2. The molecule has 1 heterocycles. The number of aromatic nitrogens is 1. The first kappa shape index (κ1) is 22.0. The number of hydrogen-bond acceptors (Lipinski definition) is 5. The van der Waals surface area contributed by atoms with Gasteiger partial charge in [-0.2, -0.15) is 0 Å². The van der Waals surface area contributed by atoms with Gasteiger partial charge in [-0.05, 0) is 38.0 Å². The molecule has 0 fully saturated rings. The summed E-state index contributed by atoms with van der Waals surface area (Å²) in [5.74, 6) is -0.703. The normalized spacial score (nSPS) is 14.1. The Kier molecular flexibility index (Phi) is 7.21. The summed E-state index contributed by atoms with van der Waals surface area (Å²) >= 11 is 1.58. The van der Waals surface area contributed by atoms with Gasteiger partial charge in [-0.25, -0.2) is 4.98 Å². The lowest BCUT2D eigenvalue weighted by molar-refractivity contribution is -0.154. The van der Waals surface area contributed by atoms with E-state index in [1.54, 1.807) is 11.3 Å². The van der Waals surface area contributed by atoms with Crippen molar-refractivity contribution < 1.29 is 14.3 Å². The van der Waals surface area contributed by atoms with Crippen LogP contribution in [0.5, 0.6) is 0 Å². The number of nitrogens with one attached hydrogen (secondary N) is 1. The minimum absolute atomic E-state index is 0.0597. The molecule has 1 N–H and O–H groups in total. The maximum Gasteiger partial charge on any atom is 0.317 e. The van der Waals surface area contributed by atoms with Crippen LogP contribution in [0.25, 0.3) is 10.2 Å². The molecule has 2 atom stereocenters. The molecule has 30 heavy (non-hydrogen) atoms. The van der Waals surface area contributed by atoms with Crippen LogP contribution in [-0.2, 0) is 26.2 Å². The third-order valence-corrected chi connectivity index (χ3v) is 6.20. The van der Waals surface area contributed by atoms with E-state index in [1.807, 2.05) is 68.4 Å². The standard InChI is InChI=1S/C24H28N2O3S/c1-4-10-17(2)25-21(27)16-29-23(28)24(3,18-11-6-5-7-12-18)15-22-26-19-13-8-9-14-20(19)30-22/h5-9,11-14,17H,4,10,15-16H2,1-3H3,(H,25,27)/t17-,24-/m0/s1. The molecule has 3 rings (SSSR count). The van der Waals surface area contributed by atoms with Gasteiger partial charge in [0.05, 0.1) is 20.6 Å². The van der Waals surface area contributed by atoms with Crippen LogP contribution in [0.3, 0.4) is 0 Å². The number of amides is 1. The highest BCUT2D eigenvalue weighted by atomic mass is 32.1. The maximum atomic E-state index is 13.2. The molecule has 0 bridgehead atoms. The molecule has 1 amide bonds. The molecule has 1 aromatic heterocycles. The van der Waals surface area contributed by atoms with Crippen molar-refractivity contribution in [3.05, 3.63) is 65.2 Å². The van der Waals surface area contributed by atoms with E-state index in [0.29, 0.717) is 6.42 Å².